The molecule has 0 spiro atoms. The molecule has 0 aliphatic carbocycles. The summed E-state index contributed by atoms with van der Waals surface area (Å²) in [6, 6.07) is 11.2. The monoisotopic (exact) mass is 468 g/mol. The SMILES string of the molecule is CN1CCN([C@@H](CNC(=O)C(=O)NCc2ccc3c(c2)OCO3)c2ccc3c(c2)OCO3)CC1. The van der Waals surface area contributed by atoms with Crippen LogP contribution in [0, 0.1) is 0 Å². The first-order chi connectivity index (χ1) is 16.6. The van der Waals surface area contributed by atoms with Crippen LogP contribution in [0.2, 0.25) is 0 Å². The molecule has 0 unspecified atom stereocenters. The lowest BCUT2D eigenvalue weighted by Crippen LogP contribution is -2.49. The van der Waals surface area contributed by atoms with Crippen LogP contribution in [0.15, 0.2) is 36.4 Å². The molecule has 180 valence electrons. The Morgan fingerprint density at radius 2 is 1.44 bits per heavy atom. The zero-order valence-electron chi connectivity index (χ0n) is 19.0. The third kappa shape index (κ3) is 4.87. The predicted molar refractivity (Wildman–Crippen MR) is 122 cm³/mol. The van der Waals surface area contributed by atoms with Gasteiger partial charge in [0.1, 0.15) is 0 Å². The van der Waals surface area contributed by atoms with Gasteiger partial charge in [0.25, 0.3) is 0 Å². The Labute approximate surface area is 197 Å². The van der Waals surface area contributed by atoms with Crippen LogP contribution in [-0.2, 0) is 16.1 Å². The number of ether oxygens (including phenoxy) is 4. The Hall–Kier alpha value is -3.50. The Kier molecular flexibility index (Phi) is 6.41. The molecule has 3 aliphatic heterocycles. The van der Waals surface area contributed by atoms with E-state index in [1.165, 1.54) is 0 Å². The number of nitrogens with one attached hydrogen (secondary N) is 2. The van der Waals surface area contributed by atoms with Crippen LogP contribution in [0.25, 0.3) is 0 Å². The average molecular weight is 469 g/mol. The van der Waals surface area contributed by atoms with E-state index in [9.17, 15) is 9.59 Å². The highest BCUT2D eigenvalue weighted by Crippen LogP contribution is 2.35. The third-order valence-electron chi connectivity index (χ3n) is 6.31. The standard InChI is InChI=1S/C24H28N4O6/c1-27-6-8-28(9-7-27)18(17-3-5-20-22(11-17)34-15-32-20)13-26-24(30)23(29)25-12-16-2-4-19-21(10-16)33-14-31-19/h2-5,10-11,18H,6-9,12-15H2,1H3,(H,25,29)(H,26,30)/t18-/m0/s1. The maximum absolute atomic E-state index is 12.6. The normalized spacial score (nSPS) is 17.9. The molecule has 5 rings (SSSR count). The highest BCUT2D eigenvalue weighted by molar-refractivity contribution is 6.35. The van der Waals surface area contributed by atoms with E-state index < -0.39 is 11.8 Å². The minimum Gasteiger partial charge on any atom is -0.454 e. The lowest BCUT2D eigenvalue weighted by molar-refractivity contribution is -0.139. The van der Waals surface area contributed by atoms with Gasteiger partial charge in [-0.3, -0.25) is 14.5 Å². The topological polar surface area (TPSA) is 102 Å². The number of rotatable bonds is 6. The predicted octanol–water partition coefficient (Wildman–Crippen LogP) is 0.865. The zero-order chi connectivity index (χ0) is 23.5. The first kappa shape index (κ1) is 22.3. The van der Waals surface area contributed by atoms with Crippen LogP contribution in [0.1, 0.15) is 17.2 Å². The largest absolute Gasteiger partial charge is 0.454 e. The molecule has 10 heteroatoms. The van der Waals surface area contributed by atoms with E-state index in [-0.39, 0.29) is 26.2 Å². The first-order valence-electron chi connectivity index (χ1n) is 11.3. The maximum atomic E-state index is 12.6. The fraction of sp³-hybridized carbons (Fsp3) is 0.417. The van der Waals surface area contributed by atoms with Gasteiger partial charge in [-0.15, -0.1) is 0 Å². The van der Waals surface area contributed by atoms with E-state index in [4.69, 9.17) is 18.9 Å². The summed E-state index contributed by atoms with van der Waals surface area (Å²) in [6.07, 6.45) is 0. The molecule has 0 bridgehead atoms. The number of nitrogens with zero attached hydrogens (tertiary/aromatic N) is 2. The fourth-order valence-electron chi connectivity index (χ4n) is 4.29. The van der Waals surface area contributed by atoms with E-state index in [1.54, 1.807) is 12.1 Å². The van der Waals surface area contributed by atoms with Crippen molar-refractivity contribution < 1.29 is 28.5 Å². The van der Waals surface area contributed by atoms with Crippen LogP contribution >= 0.6 is 0 Å². The van der Waals surface area contributed by atoms with Crippen molar-refractivity contribution in [2.24, 2.45) is 0 Å². The molecule has 1 saturated heterocycles. The van der Waals surface area contributed by atoms with Crippen molar-refractivity contribution in [1.29, 1.82) is 0 Å². The lowest BCUT2D eigenvalue weighted by atomic mass is 10.0. The highest BCUT2D eigenvalue weighted by atomic mass is 16.7. The number of benzene rings is 2. The van der Waals surface area contributed by atoms with E-state index in [0.717, 1.165) is 37.3 Å². The molecule has 3 heterocycles. The van der Waals surface area contributed by atoms with Gasteiger partial charge in [0.2, 0.25) is 13.6 Å². The van der Waals surface area contributed by atoms with Gasteiger partial charge in [0, 0.05) is 39.3 Å². The van der Waals surface area contributed by atoms with Crippen LogP contribution in [-0.4, -0.2) is 75.0 Å². The molecule has 2 aromatic rings. The molecule has 2 amide bonds. The number of carbonyl (C=O) groups excluding carboxylic acids is 2. The molecule has 0 aromatic heterocycles. The summed E-state index contributed by atoms with van der Waals surface area (Å²) in [5.74, 6) is 1.37. The van der Waals surface area contributed by atoms with Crippen molar-refractivity contribution in [3.63, 3.8) is 0 Å². The summed E-state index contributed by atoms with van der Waals surface area (Å²) >= 11 is 0. The number of hydrogen-bond donors (Lipinski definition) is 2. The van der Waals surface area contributed by atoms with Crippen molar-refractivity contribution in [3.8, 4) is 23.0 Å². The molecule has 0 saturated carbocycles. The summed E-state index contributed by atoms with van der Waals surface area (Å²) in [5, 5.41) is 5.48. The Morgan fingerprint density at radius 3 is 2.18 bits per heavy atom. The smallest absolute Gasteiger partial charge is 0.309 e. The van der Waals surface area contributed by atoms with Gasteiger partial charge in [-0.25, -0.2) is 0 Å². The summed E-state index contributed by atoms with van der Waals surface area (Å²) in [5.41, 5.74) is 1.83. The molecule has 0 radical (unpaired) electrons. The molecule has 34 heavy (non-hydrogen) atoms. The van der Waals surface area contributed by atoms with Gasteiger partial charge < -0.3 is 34.5 Å². The second-order valence-electron chi connectivity index (χ2n) is 8.55. The molecular formula is C24H28N4O6. The fourth-order valence-corrected chi connectivity index (χ4v) is 4.29. The van der Waals surface area contributed by atoms with Crippen LogP contribution < -0.4 is 29.6 Å². The van der Waals surface area contributed by atoms with E-state index in [1.807, 2.05) is 24.3 Å². The van der Waals surface area contributed by atoms with Crippen LogP contribution in [0.5, 0.6) is 23.0 Å². The number of amides is 2. The Balaban J connectivity index is 1.20. The van der Waals surface area contributed by atoms with Crippen molar-refractivity contribution in [3.05, 3.63) is 47.5 Å². The minimum absolute atomic E-state index is 0.0891. The minimum atomic E-state index is -0.680. The van der Waals surface area contributed by atoms with E-state index in [0.29, 0.717) is 29.5 Å². The molecule has 1 fully saturated rings. The van der Waals surface area contributed by atoms with Gasteiger partial charge in [-0.05, 0) is 42.4 Å². The Bertz CT molecular complexity index is 1070. The van der Waals surface area contributed by atoms with E-state index >= 15 is 0 Å². The lowest BCUT2D eigenvalue weighted by Gasteiger charge is -2.38. The maximum Gasteiger partial charge on any atom is 0.309 e. The number of carbonyl (C=O) groups is 2. The van der Waals surface area contributed by atoms with Crippen molar-refractivity contribution in [2.75, 3.05) is 53.4 Å². The molecule has 10 nitrogen and oxygen atoms in total. The molecule has 3 aliphatic rings. The van der Waals surface area contributed by atoms with E-state index in [2.05, 4.69) is 27.5 Å². The molecule has 2 N–H and O–H groups in total. The molecule has 2 aromatic carbocycles. The third-order valence-corrected chi connectivity index (χ3v) is 6.31. The van der Waals surface area contributed by atoms with Crippen molar-refractivity contribution in [1.82, 2.24) is 20.4 Å². The summed E-state index contributed by atoms with van der Waals surface area (Å²) in [4.78, 5) is 29.6. The molecule has 1 atom stereocenters. The van der Waals surface area contributed by atoms with Gasteiger partial charge in [-0.1, -0.05) is 12.1 Å². The van der Waals surface area contributed by atoms with Crippen LogP contribution in [0.3, 0.4) is 0 Å². The van der Waals surface area contributed by atoms with Gasteiger partial charge in [0.15, 0.2) is 23.0 Å². The van der Waals surface area contributed by atoms with Crippen molar-refractivity contribution in [2.45, 2.75) is 12.6 Å². The van der Waals surface area contributed by atoms with Crippen molar-refractivity contribution >= 4 is 11.8 Å². The number of hydrogen-bond acceptors (Lipinski definition) is 8. The number of fused-ring (bicyclic) bond motifs is 2. The van der Waals surface area contributed by atoms with Gasteiger partial charge in [0.05, 0.1) is 6.04 Å². The first-order valence-corrected chi connectivity index (χ1v) is 11.3. The second-order valence-corrected chi connectivity index (χ2v) is 8.55. The number of likely N-dealkylation sites (N-methyl/N-ethyl adjacent to an activating group) is 1. The molecular weight excluding hydrogens is 440 g/mol. The average Bonchev–Trinajstić information content (AvgIpc) is 3.52. The number of piperazine rings is 1. The second kappa shape index (κ2) is 9.78. The Morgan fingerprint density at radius 1 is 0.824 bits per heavy atom. The summed E-state index contributed by atoms with van der Waals surface area (Å²) in [6.45, 7) is 4.51. The summed E-state index contributed by atoms with van der Waals surface area (Å²) < 4.78 is 21.6. The summed E-state index contributed by atoms with van der Waals surface area (Å²) in [7, 11) is 2.10. The highest BCUT2D eigenvalue weighted by Gasteiger charge is 2.27. The zero-order valence-corrected chi connectivity index (χ0v) is 19.0. The quantitative estimate of drug-likeness (QED) is 0.603. The van der Waals surface area contributed by atoms with Crippen LogP contribution in [0.4, 0.5) is 0 Å². The van der Waals surface area contributed by atoms with Gasteiger partial charge in [-0.2, -0.15) is 0 Å². The van der Waals surface area contributed by atoms with Gasteiger partial charge >= 0.3 is 11.8 Å².